The summed E-state index contributed by atoms with van der Waals surface area (Å²) < 4.78 is 75.4. The van der Waals surface area contributed by atoms with E-state index in [-0.39, 0.29) is 35.0 Å². The maximum Gasteiger partial charge on any atom is 0.491 e. The van der Waals surface area contributed by atoms with E-state index in [0.717, 1.165) is 0 Å². The molecule has 206 valence electrons. The number of benzene rings is 1. The van der Waals surface area contributed by atoms with E-state index in [9.17, 15) is 22.4 Å². The van der Waals surface area contributed by atoms with Crippen LogP contribution in [0.5, 0.6) is 17.4 Å². The van der Waals surface area contributed by atoms with Gasteiger partial charge in [-0.15, -0.1) is 0 Å². The molecule has 1 spiro atoms. The zero-order chi connectivity index (χ0) is 28.2. The van der Waals surface area contributed by atoms with Crippen molar-refractivity contribution < 1.29 is 41.3 Å². The average molecular weight is 548 g/mol. The number of rotatable bonds is 4. The van der Waals surface area contributed by atoms with Gasteiger partial charge in [0, 0.05) is 29.0 Å². The quantitative estimate of drug-likeness (QED) is 0.212. The number of hydrogen-bond acceptors (Lipinski definition) is 9. The normalized spacial score (nSPS) is 22.2. The maximum absolute atomic E-state index is 14.5. The highest BCUT2D eigenvalue weighted by Gasteiger charge is 2.57. The second-order valence-corrected chi connectivity index (χ2v) is 10.4. The van der Waals surface area contributed by atoms with E-state index < -0.39 is 29.7 Å². The van der Waals surface area contributed by atoms with Crippen LogP contribution in [-0.2, 0) is 19.8 Å². The standard InChI is InChI=1S/C26H24F4N4O5/c1-23(2,3)12-36-20-10-17-19(11-33-20)38-18-7-6-14(15-5-4-8-32-21(15)27)9-16(18)24(17)13-37-26(31,34-24)39-22(35)25(28,29)30/h4-11,34H,12-13,31H2,1-3H3. The maximum atomic E-state index is 14.5. The summed E-state index contributed by atoms with van der Waals surface area (Å²) in [4.78, 5) is 19.6. The minimum Gasteiger partial charge on any atom is -0.477 e. The van der Waals surface area contributed by atoms with Crippen molar-refractivity contribution in [1.82, 2.24) is 15.3 Å². The van der Waals surface area contributed by atoms with Crippen LogP contribution in [0.25, 0.3) is 11.1 Å². The van der Waals surface area contributed by atoms with Gasteiger partial charge in [0.2, 0.25) is 11.8 Å². The Labute approximate surface area is 220 Å². The molecule has 9 nitrogen and oxygen atoms in total. The number of fused-ring (bicyclic) bond motifs is 4. The molecule has 4 heterocycles. The number of halogens is 4. The van der Waals surface area contributed by atoms with E-state index in [2.05, 4.69) is 20.0 Å². The fourth-order valence-corrected chi connectivity index (χ4v) is 4.32. The summed E-state index contributed by atoms with van der Waals surface area (Å²) >= 11 is 0. The van der Waals surface area contributed by atoms with E-state index in [1.807, 2.05) is 20.8 Å². The van der Waals surface area contributed by atoms with E-state index in [4.69, 9.17) is 19.9 Å². The molecule has 3 aromatic rings. The predicted octanol–water partition coefficient (Wildman–Crippen LogP) is 4.35. The fourth-order valence-electron chi connectivity index (χ4n) is 4.32. The van der Waals surface area contributed by atoms with E-state index in [1.54, 1.807) is 24.3 Å². The molecule has 2 unspecified atom stereocenters. The minimum atomic E-state index is -5.32. The van der Waals surface area contributed by atoms with Gasteiger partial charge in [0.15, 0.2) is 5.75 Å². The van der Waals surface area contributed by atoms with Gasteiger partial charge in [-0.25, -0.2) is 20.1 Å². The third-order valence-corrected chi connectivity index (χ3v) is 6.05. The van der Waals surface area contributed by atoms with Crippen molar-refractivity contribution in [2.45, 2.75) is 38.5 Å². The monoisotopic (exact) mass is 548 g/mol. The van der Waals surface area contributed by atoms with Gasteiger partial charge in [-0.1, -0.05) is 26.8 Å². The number of nitrogens with one attached hydrogen (secondary N) is 1. The molecule has 1 aromatic carbocycles. The zero-order valence-electron chi connectivity index (χ0n) is 21.1. The molecule has 0 aliphatic carbocycles. The van der Waals surface area contributed by atoms with Crippen LogP contribution in [0.1, 0.15) is 31.9 Å². The SMILES string of the molecule is CC(C)(C)COc1cc2c(cn1)Oc1ccc(-c3cccnc3F)cc1C21COC(N)(OC(=O)C(F)(F)F)N1. The second kappa shape index (κ2) is 9.14. The summed E-state index contributed by atoms with van der Waals surface area (Å²) in [6.07, 6.45) is -2.62. The van der Waals surface area contributed by atoms with E-state index >= 15 is 0 Å². The van der Waals surface area contributed by atoms with Crippen molar-refractivity contribution in [2.24, 2.45) is 11.1 Å². The van der Waals surface area contributed by atoms with Crippen LogP contribution in [0, 0.1) is 11.4 Å². The van der Waals surface area contributed by atoms with E-state index in [1.165, 1.54) is 24.5 Å². The van der Waals surface area contributed by atoms with Gasteiger partial charge in [0.1, 0.15) is 11.3 Å². The summed E-state index contributed by atoms with van der Waals surface area (Å²) in [6, 6.07) is 6.68. The Morgan fingerprint density at radius 1 is 1.13 bits per heavy atom. The Hall–Kier alpha value is -3.81. The van der Waals surface area contributed by atoms with Gasteiger partial charge in [-0.2, -0.15) is 17.6 Å². The number of carbonyl (C=O) groups is 1. The molecule has 2 aromatic heterocycles. The number of aromatic nitrogens is 2. The van der Waals surface area contributed by atoms with Gasteiger partial charge < -0.3 is 18.9 Å². The zero-order valence-corrected chi connectivity index (χ0v) is 21.1. The molecule has 1 fully saturated rings. The number of esters is 1. The lowest BCUT2D eigenvalue weighted by Crippen LogP contribution is -2.60. The summed E-state index contributed by atoms with van der Waals surface area (Å²) in [5.41, 5.74) is 5.50. The first kappa shape index (κ1) is 26.8. The van der Waals surface area contributed by atoms with Crippen LogP contribution < -0.4 is 20.5 Å². The van der Waals surface area contributed by atoms with Gasteiger partial charge in [0.05, 0.1) is 19.4 Å². The number of ether oxygens (including phenoxy) is 4. The Morgan fingerprint density at radius 3 is 2.56 bits per heavy atom. The van der Waals surface area contributed by atoms with Crippen LogP contribution in [0.15, 0.2) is 48.8 Å². The molecule has 0 amide bonds. The number of pyridine rings is 2. The largest absolute Gasteiger partial charge is 0.491 e. The summed E-state index contributed by atoms with van der Waals surface area (Å²) in [6.45, 7) is 5.82. The highest BCUT2D eigenvalue weighted by molar-refractivity contribution is 5.76. The third-order valence-electron chi connectivity index (χ3n) is 6.05. The number of nitrogens with two attached hydrogens (primary N) is 1. The molecule has 39 heavy (non-hydrogen) atoms. The Morgan fingerprint density at radius 2 is 1.87 bits per heavy atom. The highest BCUT2D eigenvalue weighted by atomic mass is 19.4. The molecular weight excluding hydrogens is 524 g/mol. The Balaban J connectivity index is 1.63. The lowest BCUT2D eigenvalue weighted by molar-refractivity contribution is -0.254. The highest BCUT2D eigenvalue weighted by Crippen LogP contribution is 2.51. The summed E-state index contributed by atoms with van der Waals surface area (Å²) in [5, 5.41) is 2.73. The summed E-state index contributed by atoms with van der Waals surface area (Å²) in [5.74, 6) is -2.57. The lowest BCUT2D eigenvalue weighted by Gasteiger charge is -2.37. The van der Waals surface area contributed by atoms with Gasteiger partial charge >= 0.3 is 18.2 Å². The van der Waals surface area contributed by atoms with Crippen LogP contribution in [0.3, 0.4) is 0 Å². The van der Waals surface area contributed by atoms with Crippen LogP contribution >= 0.6 is 0 Å². The van der Waals surface area contributed by atoms with Crippen LogP contribution in [0.2, 0.25) is 0 Å². The van der Waals surface area contributed by atoms with Crippen molar-refractivity contribution in [2.75, 3.05) is 13.2 Å². The minimum absolute atomic E-state index is 0.173. The molecule has 13 heteroatoms. The molecular formula is C26H24F4N4O5. The van der Waals surface area contributed by atoms with Crippen molar-refractivity contribution in [3.63, 3.8) is 0 Å². The lowest BCUT2D eigenvalue weighted by atomic mass is 9.80. The second-order valence-electron chi connectivity index (χ2n) is 10.4. The molecule has 3 N–H and O–H groups in total. The Kier molecular flexibility index (Phi) is 6.28. The third kappa shape index (κ3) is 5.12. The first-order chi connectivity index (χ1) is 18.2. The van der Waals surface area contributed by atoms with Crippen LogP contribution in [-0.4, -0.2) is 41.4 Å². The van der Waals surface area contributed by atoms with Gasteiger partial charge in [-0.3, -0.25) is 5.73 Å². The number of hydrogen-bond donors (Lipinski definition) is 2. The molecule has 2 aliphatic rings. The molecule has 0 radical (unpaired) electrons. The Bertz CT molecular complexity index is 1440. The molecule has 0 saturated carbocycles. The van der Waals surface area contributed by atoms with Crippen molar-refractivity contribution in [3.8, 4) is 28.5 Å². The summed E-state index contributed by atoms with van der Waals surface area (Å²) in [7, 11) is 0. The van der Waals surface area contributed by atoms with Crippen molar-refractivity contribution in [1.29, 1.82) is 0 Å². The van der Waals surface area contributed by atoms with E-state index in [0.29, 0.717) is 23.3 Å². The van der Waals surface area contributed by atoms with Crippen molar-refractivity contribution >= 4 is 5.97 Å². The number of nitrogens with zero attached hydrogens (tertiary/aromatic N) is 2. The molecule has 1 saturated heterocycles. The fraction of sp³-hybridized carbons (Fsp3) is 0.346. The molecule has 5 rings (SSSR count). The van der Waals surface area contributed by atoms with Crippen molar-refractivity contribution in [3.05, 3.63) is 65.9 Å². The smallest absolute Gasteiger partial charge is 0.477 e. The van der Waals surface area contributed by atoms with Gasteiger partial charge in [0.25, 0.3) is 0 Å². The average Bonchev–Trinajstić information content (AvgIpc) is 3.20. The van der Waals surface area contributed by atoms with Gasteiger partial charge in [-0.05, 0) is 35.2 Å². The topological polar surface area (TPSA) is 118 Å². The first-order valence-corrected chi connectivity index (χ1v) is 11.8. The predicted molar refractivity (Wildman–Crippen MR) is 128 cm³/mol. The number of alkyl halides is 3. The van der Waals surface area contributed by atoms with Crippen LogP contribution in [0.4, 0.5) is 17.6 Å². The first-order valence-electron chi connectivity index (χ1n) is 11.8. The molecule has 2 aliphatic heterocycles. The number of carbonyl (C=O) groups excluding carboxylic acids is 1. The molecule has 2 atom stereocenters. The molecule has 0 bridgehead atoms.